The largest absolute Gasteiger partial charge is 0.394 e. The average molecular weight is 330 g/mol. The molecule has 1 aliphatic carbocycles. The summed E-state index contributed by atoms with van der Waals surface area (Å²) in [6.07, 6.45) is -3.37. The molecule has 0 saturated carbocycles. The van der Waals surface area contributed by atoms with E-state index in [0.717, 1.165) is 18.4 Å². The molecule has 7 nitrogen and oxygen atoms in total. The number of hydrogen-bond donors (Lipinski definition) is 4. The lowest BCUT2D eigenvalue weighted by Gasteiger charge is -2.39. The van der Waals surface area contributed by atoms with Crippen LogP contribution in [0.5, 0.6) is 0 Å². The Hall–Kier alpha value is -0.830. The van der Waals surface area contributed by atoms with E-state index < -0.39 is 37.3 Å². The Morgan fingerprint density at radius 2 is 1.96 bits per heavy atom. The van der Waals surface area contributed by atoms with Crippen LogP contribution in [0.15, 0.2) is 11.6 Å². The van der Waals surface area contributed by atoms with Crippen LogP contribution in [-0.2, 0) is 14.3 Å². The number of carbonyl (C=O) groups excluding carboxylic acids is 1. The summed E-state index contributed by atoms with van der Waals surface area (Å²) >= 11 is 0. The highest BCUT2D eigenvalue weighted by Crippen LogP contribution is 2.28. The van der Waals surface area contributed by atoms with Gasteiger partial charge in [-0.05, 0) is 30.4 Å². The molecule has 2 aliphatic rings. The maximum absolute atomic E-state index is 12.0. The third-order valence-corrected chi connectivity index (χ3v) is 4.57. The molecule has 0 aromatic carbocycles. The summed E-state index contributed by atoms with van der Waals surface area (Å²) in [4.78, 5) is 12.0. The summed E-state index contributed by atoms with van der Waals surface area (Å²) in [5.74, 6) is 0.413. The van der Waals surface area contributed by atoms with E-state index in [0.29, 0.717) is 5.92 Å². The molecule has 0 spiro atoms. The van der Waals surface area contributed by atoms with Crippen molar-refractivity contribution in [3.8, 4) is 0 Å². The maximum Gasteiger partial charge on any atom is 0.187 e. The maximum atomic E-state index is 12.0. The van der Waals surface area contributed by atoms with Crippen molar-refractivity contribution in [2.45, 2.75) is 57.4 Å². The normalized spacial score (nSPS) is 38.7. The Balaban J connectivity index is 1.93. The highest BCUT2D eigenvalue weighted by atomic mass is 16.7. The zero-order valence-corrected chi connectivity index (χ0v) is 13.5. The van der Waals surface area contributed by atoms with Gasteiger partial charge in [-0.2, -0.15) is 0 Å². The first kappa shape index (κ1) is 18.5. The Morgan fingerprint density at radius 1 is 1.26 bits per heavy atom. The summed E-state index contributed by atoms with van der Waals surface area (Å²) in [6.45, 7) is 3.64. The molecule has 0 bridgehead atoms. The fourth-order valence-corrected chi connectivity index (χ4v) is 3.03. The van der Waals surface area contributed by atoms with Gasteiger partial charge in [0.15, 0.2) is 12.1 Å². The van der Waals surface area contributed by atoms with Crippen LogP contribution in [0.4, 0.5) is 0 Å². The molecule has 4 N–H and O–H groups in total. The van der Waals surface area contributed by atoms with E-state index in [9.17, 15) is 20.1 Å². The van der Waals surface area contributed by atoms with Gasteiger partial charge in [0.1, 0.15) is 24.4 Å². The molecule has 6 unspecified atom stereocenters. The minimum absolute atomic E-state index is 0.0333. The lowest BCUT2D eigenvalue weighted by Crippen LogP contribution is -2.59. The van der Waals surface area contributed by atoms with E-state index in [1.807, 2.05) is 13.8 Å². The summed E-state index contributed by atoms with van der Waals surface area (Å²) in [5.41, 5.74) is 0.809. The van der Waals surface area contributed by atoms with E-state index in [-0.39, 0.29) is 18.3 Å². The number of aliphatic hydroxyl groups is 4. The Kier molecular flexibility index (Phi) is 6.30. The smallest absolute Gasteiger partial charge is 0.187 e. The number of ether oxygens (including phenoxy) is 2. The minimum atomic E-state index is -1.46. The van der Waals surface area contributed by atoms with Crippen LogP contribution in [-0.4, -0.2) is 70.1 Å². The van der Waals surface area contributed by atoms with Crippen molar-refractivity contribution < 1.29 is 34.7 Å². The molecule has 1 fully saturated rings. The van der Waals surface area contributed by atoms with Crippen molar-refractivity contribution in [1.82, 2.24) is 0 Å². The van der Waals surface area contributed by atoms with Gasteiger partial charge in [0.25, 0.3) is 0 Å². The second-order valence-electron chi connectivity index (χ2n) is 6.60. The summed E-state index contributed by atoms with van der Waals surface area (Å²) < 4.78 is 10.7. The third-order valence-electron chi connectivity index (χ3n) is 4.57. The zero-order chi connectivity index (χ0) is 17.1. The van der Waals surface area contributed by atoms with Crippen molar-refractivity contribution in [3.63, 3.8) is 0 Å². The standard InChI is InChI=1S/C16H26O7/c1-8(2)10-4-3-9(5-11(10)18)7-22-16-15(21)14(20)13(19)12(6-17)23-16/h5,8,10,12-17,19-21H,3-4,6-7H2,1-2H3. The van der Waals surface area contributed by atoms with Crippen LogP contribution in [0.3, 0.4) is 0 Å². The van der Waals surface area contributed by atoms with Crippen LogP contribution in [0, 0.1) is 11.8 Å². The molecule has 0 amide bonds. The van der Waals surface area contributed by atoms with Crippen molar-refractivity contribution in [3.05, 3.63) is 11.6 Å². The Bertz CT molecular complexity index is 446. The molecule has 6 atom stereocenters. The zero-order valence-electron chi connectivity index (χ0n) is 13.5. The van der Waals surface area contributed by atoms with Crippen molar-refractivity contribution in [1.29, 1.82) is 0 Å². The van der Waals surface area contributed by atoms with Gasteiger partial charge >= 0.3 is 0 Å². The van der Waals surface area contributed by atoms with E-state index in [1.165, 1.54) is 0 Å². The quantitative estimate of drug-likeness (QED) is 0.530. The van der Waals surface area contributed by atoms with Gasteiger partial charge in [0.05, 0.1) is 13.2 Å². The summed E-state index contributed by atoms with van der Waals surface area (Å²) in [7, 11) is 0. The third kappa shape index (κ3) is 4.17. The van der Waals surface area contributed by atoms with Gasteiger partial charge < -0.3 is 29.9 Å². The molecule has 23 heavy (non-hydrogen) atoms. The van der Waals surface area contributed by atoms with E-state index in [1.54, 1.807) is 6.08 Å². The van der Waals surface area contributed by atoms with Gasteiger partial charge in [-0.25, -0.2) is 0 Å². The molecule has 7 heteroatoms. The van der Waals surface area contributed by atoms with Gasteiger partial charge in [0, 0.05) is 5.92 Å². The highest BCUT2D eigenvalue weighted by molar-refractivity contribution is 5.93. The van der Waals surface area contributed by atoms with Crippen LogP contribution in [0.25, 0.3) is 0 Å². The summed E-state index contributed by atoms with van der Waals surface area (Å²) in [5, 5.41) is 38.4. The van der Waals surface area contributed by atoms with Gasteiger partial charge in [0.2, 0.25) is 0 Å². The van der Waals surface area contributed by atoms with Crippen LogP contribution >= 0.6 is 0 Å². The molecule has 132 valence electrons. The van der Waals surface area contributed by atoms with Crippen LogP contribution in [0.2, 0.25) is 0 Å². The number of aliphatic hydroxyl groups excluding tert-OH is 4. The van der Waals surface area contributed by atoms with Crippen molar-refractivity contribution in [2.24, 2.45) is 11.8 Å². The Morgan fingerprint density at radius 3 is 2.52 bits per heavy atom. The average Bonchev–Trinajstić information content (AvgIpc) is 2.51. The molecule has 1 aliphatic heterocycles. The first-order valence-corrected chi connectivity index (χ1v) is 8.00. The molecule has 2 rings (SSSR count). The first-order valence-electron chi connectivity index (χ1n) is 8.00. The van der Waals surface area contributed by atoms with E-state index in [2.05, 4.69) is 0 Å². The summed E-state index contributed by atoms with van der Waals surface area (Å²) in [6, 6.07) is 0. The minimum Gasteiger partial charge on any atom is -0.394 e. The second-order valence-corrected chi connectivity index (χ2v) is 6.60. The van der Waals surface area contributed by atoms with Gasteiger partial charge in [-0.3, -0.25) is 4.79 Å². The number of allylic oxidation sites excluding steroid dienone is 1. The predicted octanol–water partition coefficient (Wildman–Crippen LogP) is -0.636. The second kappa shape index (κ2) is 7.83. The molecular weight excluding hydrogens is 304 g/mol. The monoisotopic (exact) mass is 330 g/mol. The number of carbonyl (C=O) groups is 1. The number of rotatable bonds is 5. The first-order chi connectivity index (χ1) is 10.8. The molecule has 0 aromatic rings. The fourth-order valence-electron chi connectivity index (χ4n) is 3.03. The lowest BCUT2D eigenvalue weighted by atomic mass is 9.81. The molecule has 0 radical (unpaired) electrons. The van der Waals surface area contributed by atoms with Crippen molar-refractivity contribution in [2.75, 3.05) is 13.2 Å². The van der Waals surface area contributed by atoms with E-state index in [4.69, 9.17) is 14.6 Å². The number of ketones is 1. The SMILES string of the molecule is CC(C)C1CCC(COC2OC(CO)C(O)C(O)C2O)=CC1=O. The topological polar surface area (TPSA) is 116 Å². The highest BCUT2D eigenvalue weighted by Gasteiger charge is 2.44. The van der Waals surface area contributed by atoms with E-state index >= 15 is 0 Å². The molecule has 1 saturated heterocycles. The molecular formula is C16H26O7. The van der Waals surface area contributed by atoms with Gasteiger partial charge in [-0.15, -0.1) is 0 Å². The predicted molar refractivity (Wildman–Crippen MR) is 80.4 cm³/mol. The van der Waals surface area contributed by atoms with Crippen LogP contribution < -0.4 is 0 Å². The van der Waals surface area contributed by atoms with Crippen LogP contribution in [0.1, 0.15) is 26.7 Å². The lowest BCUT2D eigenvalue weighted by molar-refractivity contribution is -0.299. The fraction of sp³-hybridized carbons (Fsp3) is 0.812. The molecule has 1 heterocycles. The number of hydrogen-bond acceptors (Lipinski definition) is 7. The van der Waals surface area contributed by atoms with Crippen molar-refractivity contribution >= 4 is 5.78 Å². The Labute approximate surface area is 135 Å². The van der Waals surface area contributed by atoms with Gasteiger partial charge in [-0.1, -0.05) is 13.8 Å². The molecule has 0 aromatic heterocycles.